The molecule has 2 N–H and O–H groups in total. The number of rotatable bonds is 1. The predicted octanol–water partition coefficient (Wildman–Crippen LogP) is 2.96. The summed E-state index contributed by atoms with van der Waals surface area (Å²) in [6.45, 7) is 4.46. The summed E-state index contributed by atoms with van der Waals surface area (Å²) < 4.78 is 1.20. The second-order valence-electron chi connectivity index (χ2n) is 3.97. The van der Waals surface area contributed by atoms with Gasteiger partial charge in [-0.2, -0.15) is 0 Å². The van der Waals surface area contributed by atoms with Crippen LogP contribution in [0.4, 0.5) is 0 Å². The minimum Gasteiger partial charge on any atom is -0.327 e. The lowest BCUT2D eigenvalue weighted by Gasteiger charge is -1.97. The molecule has 0 unspecified atom stereocenters. The topological polar surface area (TPSA) is 26.0 Å². The molecule has 0 bridgehead atoms. The van der Waals surface area contributed by atoms with Crippen LogP contribution in [0.15, 0.2) is 15.9 Å². The summed E-state index contributed by atoms with van der Waals surface area (Å²) in [5.74, 6) is 0.578. The highest BCUT2D eigenvalue weighted by molar-refractivity contribution is 9.11. The van der Waals surface area contributed by atoms with Gasteiger partial charge in [0.05, 0.1) is 3.79 Å². The highest BCUT2D eigenvalue weighted by atomic mass is 79.9. The molecule has 1 aliphatic carbocycles. The molecule has 0 radical (unpaired) electrons. The summed E-state index contributed by atoms with van der Waals surface area (Å²) in [4.78, 5) is 1.42. The molecule has 1 saturated carbocycles. The molecule has 3 heteroatoms. The normalized spacial score (nSPS) is 32.0. The van der Waals surface area contributed by atoms with Crippen LogP contribution in [0.5, 0.6) is 0 Å². The molecule has 0 aromatic carbocycles. The molecule has 0 saturated heterocycles. The fraction of sp³-hybridized carbons (Fsp3) is 0.556. The molecule has 1 nitrogen and oxygen atoms in total. The first kappa shape index (κ1) is 8.73. The average Bonchev–Trinajstić information content (AvgIpc) is 2.38. The Morgan fingerprint density at radius 3 is 2.42 bits per heavy atom. The van der Waals surface area contributed by atoms with Gasteiger partial charge in [-0.1, -0.05) is 13.8 Å². The summed E-state index contributed by atoms with van der Waals surface area (Å²) in [6, 6.07) is 4.62. The third kappa shape index (κ3) is 1.15. The number of halogens is 1. The molecule has 2 rings (SSSR count). The molecule has 66 valence electrons. The van der Waals surface area contributed by atoms with Crippen molar-refractivity contribution in [2.45, 2.75) is 25.8 Å². The smallest absolute Gasteiger partial charge is 0.0701 e. The molecular formula is C9H12BrNS. The monoisotopic (exact) mass is 245 g/mol. The van der Waals surface area contributed by atoms with Crippen molar-refractivity contribution in [2.75, 3.05) is 0 Å². The van der Waals surface area contributed by atoms with E-state index in [0.717, 1.165) is 0 Å². The van der Waals surface area contributed by atoms with Crippen molar-refractivity contribution < 1.29 is 0 Å². The maximum atomic E-state index is 5.98. The number of nitrogens with two attached hydrogens (primary N) is 1. The first-order valence-corrected chi connectivity index (χ1v) is 5.65. The van der Waals surface area contributed by atoms with Gasteiger partial charge in [-0.3, -0.25) is 0 Å². The summed E-state index contributed by atoms with van der Waals surface area (Å²) in [7, 11) is 0. The van der Waals surface area contributed by atoms with Gasteiger partial charge in [0.15, 0.2) is 0 Å². The Morgan fingerprint density at radius 1 is 1.50 bits per heavy atom. The minimum absolute atomic E-state index is 0.310. The lowest BCUT2D eigenvalue weighted by atomic mass is 10.1. The van der Waals surface area contributed by atoms with E-state index < -0.39 is 0 Å². The van der Waals surface area contributed by atoms with Crippen LogP contribution in [0, 0.1) is 5.41 Å². The van der Waals surface area contributed by atoms with Crippen LogP contribution in [0.1, 0.15) is 24.6 Å². The summed E-state index contributed by atoms with van der Waals surface area (Å²) in [5, 5.41) is 0. The molecule has 0 aliphatic heterocycles. The lowest BCUT2D eigenvalue weighted by Crippen LogP contribution is -2.06. The third-order valence-corrected chi connectivity index (χ3v) is 4.52. The molecule has 1 aliphatic rings. The van der Waals surface area contributed by atoms with Crippen molar-refractivity contribution in [3.8, 4) is 0 Å². The Kier molecular flexibility index (Phi) is 1.86. The second kappa shape index (κ2) is 2.56. The van der Waals surface area contributed by atoms with E-state index in [1.54, 1.807) is 11.3 Å². The van der Waals surface area contributed by atoms with Gasteiger partial charge in [0.1, 0.15) is 0 Å². The van der Waals surface area contributed by atoms with Crippen molar-refractivity contribution in [2.24, 2.45) is 11.1 Å². The van der Waals surface area contributed by atoms with Gasteiger partial charge in [-0.05, 0) is 33.5 Å². The van der Waals surface area contributed by atoms with E-state index in [2.05, 4.69) is 41.9 Å². The van der Waals surface area contributed by atoms with E-state index >= 15 is 0 Å². The Balaban J connectivity index is 2.24. The second-order valence-corrected chi connectivity index (χ2v) is 6.46. The number of hydrogen-bond donors (Lipinski definition) is 1. The van der Waals surface area contributed by atoms with Gasteiger partial charge >= 0.3 is 0 Å². The van der Waals surface area contributed by atoms with Crippen LogP contribution >= 0.6 is 27.3 Å². The van der Waals surface area contributed by atoms with Crippen molar-refractivity contribution in [3.05, 3.63) is 20.8 Å². The van der Waals surface area contributed by atoms with Gasteiger partial charge in [-0.25, -0.2) is 0 Å². The quantitative estimate of drug-likeness (QED) is 0.810. The van der Waals surface area contributed by atoms with Gasteiger partial charge < -0.3 is 5.73 Å². The van der Waals surface area contributed by atoms with E-state index in [1.165, 1.54) is 8.66 Å². The Bertz CT molecular complexity index is 305. The first-order chi connectivity index (χ1) is 5.53. The zero-order valence-electron chi connectivity index (χ0n) is 7.17. The van der Waals surface area contributed by atoms with Crippen LogP contribution in [0.25, 0.3) is 0 Å². The van der Waals surface area contributed by atoms with Crippen molar-refractivity contribution in [1.29, 1.82) is 0 Å². The summed E-state index contributed by atoms with van der Waals surface area (Å²) in [5.41, 5.74) is 6.29. The number of thiophene rings is 1. The molecule has 0 amide bonds. The molecular weight excluding hydrogens is 234 g/mol. The Hall–Kier alpha value is 0.140. The third-order valence-electron chi connectivity index (χ3n) is 2.81. The van der Waals surface area contributed by atoms with Crippen LogP contribution < -0.4 is 5.73 Å². The molecule has 1 aromatic rings. The largest absolute Gasteiger partial charge is 0.327 e. The highest BCUT2D eigenvalue weighted by Crippen LogP contribution is 2.58. The maximum Gasteiger partial charge on any atom is 0.0701 e. The Morgan fingerprint density at radius 2 is 2.08 bits per heavy atom. The maximum absolute atomic E-state index is 5.98. The predicted molar refractivity (Wildman–Crippen MR) is 56.5 cm³/mol. The average molecular weight is 246 g/mol. The highest BCUT2D eigenvalue weighted by Gasteiger charge is 2.56. The van der Waals surface area contributed by atoms with Gasteiger partial charge in [0, 0.05) is 16.8 Å². The zero-order valence-corrected chi connectivity index (χ0v) is 9.58. The summed E-state index contributed by atoms with van der Waals surface area (Å²) in [6.07, 6.45) is 0. The number of hydrogen-bond acceptors (Lipinski definition) is 2. The lowest BCUT2D eigenvalue weighted by molar-refractivity contribution is 0.601. The van der Waals surface area contributed by atoms with E-state index in [4.69, 9.17) is 5.73 Å². The van der Waals surface area contributed by atoms with Gasteiger partial charge in [-0.15, -0.1) is 11.3 Å². The fourth-order valence-corrected chi connectivity index (χ4v) is 3.48. The van der Waals surface area contributed by atoms with Crippen LogP contribution in [0.3, 0.4) is 0 Å². The standard InChI is InChI=1S/C9H12BrNS/c1-9(2)7(8(9)11)5-3-4-6(10)12-5/h3-4,7-8H,11H2,1-2H3/t7-,8-/m0/s1. The van der Waals surface area contributed by atoms with Crippen LogP contribution in [-0.2, 0) is 0 Å². The molecule has 1 aromatic heterocycles. The van der Waals surface area contributed by atoms with E-state index in [0.29, 0.717) is 17.4 Å². The zero-order chi connectivity index (χ0) is 8.93. The molecule has 1 fully saturated rings. The summed E-state index contributed by atoms with van der Waals surface area (Å²) >= 11 is 5.26. The minimum atomic E-state index is 0.310. The molecule has 12 heavy (non-hydrogen) atoms. The van der Waals surface area contributed by atoms with Crippen molar-refractivity contribution in [1.82, 2.24) is 0 Å². The molecule has 0 spiro atoms. The van der Waals surface area contributed by atoms with Gasteiger partial charge in [0.25, 0.3) is 0 Å². The van der Waals surface area contributed by atoms with Crippen molar-refractivity contribution in [3.63, 3.8) is 0 Å². The van der Waals surface area contributed by atoms with E-state index in [1.807, 2.05) is 0 Å². The first-order valence-electron chi connectivity index (χ1n) is 4.04. The van der Waals surface area contributed by atoms with Gasteiger partial charge in [0.2, 0.25) is 0 Å². The molecule has 1 heterocycles. The molecule has 2 atom stereocenters. The Labute approximate surface area is 85.1 Å². The van der Waals surface area contributed by atoms with E-state index in [-0.39, 0.29) is 0 Å². The van der Waals surface area contributed by atoms with Crippen molar-refractivity contribution >= 4 is 27.3 Å². The SMILES string of the molecule is CC1(C)[C@@H](N)[C@@H]1c1ccc(Br)s1. The fourth-order valence-electron chi connectivity index (χ4n) is 1.72. The van der Waals surface area contributed by atoms with Crippen LogP contribution in [-0.4, -0.2) is 6.04 Å². The van der Waals surface area contributed by atoms with E-state index in [9.17, 15) is 0 Å². The van der Waals surface area contributed by atoms with Crippen LogP contribution in [0.2, 0.25) is 0 Å².